The van der Waals surface area contributed by atoms with Gasteiger partial charge in [0.15, 0.2) is 11.5 Å². The lowest BCUT2D eigenvalue weighted by molar-refractivity contribution is -0.140. The standard InChI is InChI=1S/C29H36N2O6/c1-6-30(7-2)13-8-14-31-26(19-9-12-23(35-4)24(17-19)36-5)25(28(33)29(31)34)27(32)20-10-11-22-21(16-20)15-18(3)37-22/h9-12,16-18,26,32H,6-8,13-15H2,1-5H3/b27-25+/t18-,26-/m1/s1. The molecule has 0 aliphatic carbocycles. The summed E-state index contributed by atoms with van der Waals surface area (Å²) in [5.41, 5.74) is 2.20. The number of likely N-dealkylation sites (tertiary alicyclic amines) is 1. The number of hydrogen-bond acceptors (Lipinski definition) is 7. The van der Waals surface area contributed by atoms with Crippen LogP contribution in [0.25, 0.3) is 5.76 Å². The van der Waals surface area contributed by atoms with Gasteiger partial charge in [0.05, 0.1) is 25.8 Å². The third-order valence-electron chi connectivity index (χ3n) is 7.20. The summed E-state index contributed by atoms with van der Waals surface area (Å²) >= 11 is 0. The van der Waals surface area contributed by atoms with E-state index in [9.17, 15) is 14.7 Å². The lowest BCUT2D eigenvalue weighted by Gasteiger charge is -2.27. The Bertz CT molecular complexity index is 1200. The number of aliphatic hydroxyl groups excluding tert-OH is 1. The number of Topliss-reactive ketones (excluding diaryl/α,β-unsaturated/α-hetero) is 1. The first-order chi connectivity index (χ1) is 17.8. The number of ketones is 1. The van der Waals surface area contributed by atoms with Crippen molar-refractivity contribution in [3.8, 4) is 17.2 Å². The number of methoxy groups -OCH3 is 2. The number of benzene rings is 2. The van der Waals surface area contributed by atoms with Gasteiger partial charge in [-0.2, -0.15) is 0 Å². The van der Waals surface area contributed by atoms with E-state index in [1.165, 1.54) is 7.11 Å². The van der Waals surface area contributed by atoms with Gasteiger partial charge in [0, 0.05) is 18.5 Å². The number of rotatable bonds is 10. The van der Waals surface area contributed by atoms with Crippen molar-refractivity contribution in [2.75, 3.05) is 40.4 Å². The van der Waals surface area contributed by atoms with Crippen LogP contribution in [-0.4, -0.2) is 73.1 Å². The first kappa shape index (κ1) is 26.5. The van der Waals surface area contributed by atoms with Crippen molar-refractivity contribution < 1.29 is 28.9 Å². The molecular weight excluding hydrogens is 472 g/mol. The molecule has 198 valence electrons. The smallest absolute Gasteiger partial charge is 0.295 e. The van der Waals surface area contributed by atoms with Crippen LogP contribution in [0.5, 0.6) is 17.2 Å². The Kier molecular flexibility index (Phi) is 8.07. The van der Waals surface area contributed by atoms with E-state index in [2.05, 4.69) is 18.7 Å². The van der Waals surface area contributed by atoms with Crippen molar-refractivity contribution in [3.05, 3.63) is 58.7 Å². The SMILES string of the molecule is CCN(CC)CCCN1C(=O)C(=O)/C(=C(/O)c2ccc3c(c2)C[C@@H](C)O3)[C@H]1c1ccc(OC)c(OC)c1. The summed E-state index contributed by atoms with van der Waals surface area (Å²) in [6, 6.07) is 9.94. The van der Waals surface area contributed by atoms with Gasteiger partial charge in [-0.1, -0.05) is 19.9 Å². The molecule has 2 aromatic rings. The lowest BCUT2D eigenvalue weighted by atomic mass is 9.94. The van der Waals surface area contributed by atoms with Crippen molar-refractivity contribution >= 4 is 17.4 Å². The topological polar surface area (TPSA) is 88.5 Å². The molecule has 0 unspecified atom stereocenters. The average molecular weight is 509 g/mol. The van der Waals surface area contributed by atoms with Crippen LogP contribution in [0.3, 0.4) is 0 Å². The predicted octanol–water partition coefficient (Wildman–Crippen LogP) is 4.18. The van der Waals surface area contributed by atoms with E-state index in [-0.39, 0.29) is 17.4 Å². The van der Waals surface area contributed by atoms with E-state index in [0.717, 1.165) is 37.4 Å². The van der Waals surface area contributed by atoms with Crippen molar-refractivity contribution in [2.24, 2.45) is 0 Å². The molecule has 8 heteroatoms. The van der Waals surface area contributed by atoms with Crippen LogP contribution in [-0.2, 0) is 16.0 Å². The van der Waals surface area contributed by atoms with E-state index >= 15 is 0 Å². The fraction of sp³-hybridized carbons (Fsp3) is 0.448. The van der Waals surface area contributed by atoms with Crippen molar-refractivity contribution in [3.63, 3.8) is 0 Å². The number of nitrogens with zero attached hydrogens (tertiary/aromatic N) is 2. The van der Waals surface area contributed by atoms with E-state index in [1.54, 1.807) is 42.3 Å². The van der Waals surface area contributed by atoms with Gasteiger partial charge in [-0.25, -0.2) is 0 Å². The highest BCUT2D eigenvalue weighted by Crippen LogP contribution is 2.42. The fourth-order valence-electron chi connectivity index (χ4n) is 5.21. The monoisotopic (exact) mass is 508 g/mol. The summed E-state index contributed by atoms with van der Waals surface area (Å²) in [5.74, 6) is 0.309. The Morgan fingerprint density at radius 3 is 2.49 bits per heavy atom. The molecule has 2 atom stereocenters. The maximum Gasteiger partial charge on any atom is 0.295 e. The van der Waals surface area contributed by atoms with E-state index in [4.69, 9.17) is 14.2 Å². The van der Waals surface area contributed by atoms with Crippen LogP contribution in [0.4, 0.5) is 0 Å². The summed E-state index contributed by atoms with van der Waals surface area (Å²) in [5, 5.41) is 11.4. The molecule has 2 heterocycles. The first-order valence-corrected chi connectivity index (χ1v) is 12.8. The average Bonchev–Trinajstić information content (AvgIpc) is 3.41. The number of fused-ring (bicyclic) bond motifs is 1. The number of aliphatic hydroxyl groups is 1. The molecule has 0 saturated carbocycles. The molecule has 0 bridgehead atoms. The second-order valence-electron chi connectivity index (χ2n) is 9.44. The van der Waals surface area contributed by atoms with Crippen LogP contribution in [0.1, 0.15) is 49.9 Å². The molecule has 1 saturated heterocycles. The Labute approximate surface area is 218 Å². The molecule has 2 aliphatic rings. The van der Waals surface area contributed by atoms with Crippen molar-refractivity contribution in [2.45, 2.75) is 45.8 Å². The molecule has 8 nitrogen and oxygen atoms in total. The minimum atomic E-state index is -0.750. The molecule has 1 amide bonds. The Morgan fingerprint density at radius 2 is 1.81 bits per heavy atom. The summed E-state index contributed by atoms with van der Waals surface area (Å²) < 4.78 is 16.7. The summed E-state index contributed by atoms with van der Waals surface area (Å²) in [6.45, 7) is 9.19. The maximum absolute atomic E-state index is 13.4. The van der Waals surface area contributed by atoms with E-state index < -0.39 is 17.7 Å². The Balaban J connectivity index is 1.78. The number of hydrogen-bond donors (Lipinski definition) is 1. The van der Waals surface area contributed by atoms with Gasteiger partial charge >= 0.3 is 0 Å². The molecule has 2 aliphatic heterocycles. The number of carbonyl (C=O) groups is 2. The zero-order valence-electron chi connectivity index (χ0n) is 22.2. The van der Waals surface area contributed by atoms with Gasteiger partial charge < -0.3 is 29.1 Å². The van der Waals surface area contributed by atoms with Gasteiger partial charge in [0.1, 0.15) is 17.6 Å². The lowest BCUT2D eigenvalue weighted by Crippen LogP contribution is -2.33. The van der Waals surface area contributed by atoms with Gasteiger partial charge in [-0.3, -0.25) is 9.59 Å². The second-order valence-corrected chi connectivity index (χ2v) is 9.44. The molecule has 1 N–H and O–H groups in total. The van der Waals surface area contributed by atoms with Crippen molar-refractivity contribution in [1.82, 2.24) is 9.80 Å². The second kappa shape index (κ2) is 11.3. The third kappa shape index (κ3) is 5.16. The number of ether oxygens (including phenoxy) is 3. The van der Waals surface area contributed by atoms with Crippen LogP contribution in [0, 0.1) is 0 Å². The summed E-state index contributed by atoms with van der Waals surface area (Å²) in [7, 11) is 3.09. The van der Waals surface area contributed by atoms with Crippen LogP contribution in [0.15, 0.2) is 42.0 Å². The molecule has 4 rings (SSSR count). The van der Waals surface area contributed by atoms with Gasteiger partial charge in [0.2, 0.25) is 0 Å². The molecular formula is C29H36N2O6. The molecule has 0 radical (unpaired) electrons. The van der Waals surface area contributed by atoms with Gasteiger partial charge in [-0.05, 0) is 74.4 Å². The minimum Gasteiger partial charge on any atom is -0.507 e. The highest BCUT2D eigenvalue weighted by molar-refractivity contribution is 6.46. The summed E-state index contributed by atoms with van der Waals surface area (Å²) in [6.07, 6.45) is 1.47. The molecule has 1 fully saturated rings. The molecule has 37 heavy (non-hydrogen) atoms. The van der Waals surface area contributed by atoms with Crippen LogP contribution in [0.2, 0.25) is 0 Å². The fourth-order valence-corrected chi connectivity index (χ4v) is 5.21. The van der Waals surface area contributed by atoms with Crippen molar-refractivity contribution in [1.29, 1.82) is 0 Å². The summed E-state index contributed by atoms with van der Waals surface area (Å²) in [4.78, 5) is 30.5. The zero-order valence-corrected chi connectivity index (χ0v) is 22.2. The molecule has 0 spiro atoms. The first-order valence-electron chi connectivity index (χ1n) is 12.8. The maximum atomic E-state index is 13.4. The largest absolute Gasteiger partial charge is 0.507 e. The third-order valence-corrected chi connectivity index (χ3v) is 7.20. The van der Waals surface area contributed by atoms with E-state index in [1.807, 2.05) is 13.0 Å². The quantitative estimate of drug-likeness (QED) is 0.293. The van der Waals surface area contributed by atoms with Crippen LogP contribution >= 0.6 is 0 Å². The number of amides is 1. The van der Waals surface area contributed by atoms with E-state index in [0.29, 0.717) is 35.6 Å². The molecule has 2 aromatic carbocycles. The Hall–Kier alpha value is -3.52. The molecule has 0 aromatic heterocycles. The predicted molar refractivity (Wildman–Crippen MR) is 141 cm³/mol. The van der Waals surface area contributed by atoms with Gasteiger partial charge in [-0.15, -0.1) is 0 Å². The highest BCUT2D eigenvalue weighted by atomic mass is 16.5. The Morgan fingerprint density at radius 1 is 1.08 bits per heavy atom. The highest BCUT2D eigenvalue weighted by Gasteiger charge is 2.46. The van der Waals surface area contributed by atoms with Crippen LogP contribution < -0.4 is 14.2 Å². The van der Waals surface area contributed by atoms with Gasteiger partial charge in [0.25, 0.3) is 11.7 Å². The minimum absolute atomic E-state index is 0.0514. The zero-order chi connectivity index (χ0) is 26.7. The number of carbonyl (C=O) groups excluding carboxylic acids is 2. The normalized spacial score (nSPS) is 20.3.